The van der Waals surface area contributed by atoms with Gasteiger partial charge in [0.1, 0.15) is 0 Å². The second-order valence-corrected chi connectivity index (χ2v) is 6.96. The number of rotatable bonds is 7. The molecule has 0 saturated carbocycles. The zero-order valence-electron chi connectivity index (χ0n) is 15.2. The van der Waals surface area contributed by atoms with Crippen molar-refractivity contribution in [3.8, 4) is 0 Å². The normalized spacial score (nSPS) is 14.5. The average molecular weight is 336 g/mol. The molecule has 0 aromatic heterocycles. The van der Waals surface area contributed by atoms with E-state index < -0.39 is 0 Å². The van der Waals surface area contributed by atoms with Crippen LogP contribution in [0.2, 0.25) is 0 Å². The minimum Gasteiger partial charge on any atom is -0.312 e. The third-order valence-electron chi connectivity index (χ3n) is 4.89. The molecule has 1 aliphatic heterocycles. The number of benzene rings is 2. The van der Waals surface area contributed by atoms with Gasteiger partial charge in [-0.2, -0.15) is 0 Å². The van der Waals surface area contributed by atoms with Crippen molar-refractivity contribution in [2.75, 3.05) is 25.0 Å². The largest absolute Gasteiger partial charge is 0.312 e. The van der Waals surface area contributed by atoms with E-state index >= 15 is 0 Å². The maximum Gasteiger partial charge on any atom is 0.226 e. The zero-order valence-corrected chi connectivity index (χ0v) is 15.2. The Balaban J connectivity index is 1.49. The Morgan fingerprint density at radius 3 is 2.56 bits per heavy atom. The van der Waals surface area contributed by atoms with E-state index in [1.54, 1.807) is 0 Å². The molecule has 0 N–H and O–H groups in total. The number of carbonyl (C=O) groups is 1. The fraction of sp³-hybridized carbons (Fsp3) is 0.409. The van der Waals surface area contributed by atoms with Crippen LogP contribution >= 0.6 is 0 Å². The number of para-hydroxylation sites is 1. The number of fused-ring (bicyclic) bond motifs is 1. The van der Waals surface area contributed by atoms with Gasteiger partial charge in [0, 0.05) is 25.2 Å². The molecule has 3 heteroatoms. The van der Waals surface area contributed by atoms with Crippen LogP contribution in [0.4, 0.5) is 5.69 Å². The van der Waals surface area contributed by atoms with Crippen LogP contribution in [0.5, 0.6) is 0 Å². The number of aryl methyl sites for hydroxylation is 1. The Morgan fingerprint density at radius 2 is 1.72 bits per heavy atom. The molecule has 0 aliphatic carbocycles. The van der Waals surface area contributed by atoms with E-state index in [0.29, 0.717) is 6.42 Å². The summed E-state index contributed by atoms with van der Waals surface area (Å²) in [4.78, 5) is 16.8. The lowest BCUT2D eigenvalue weighted by molar-refractivity contribution is -0.118. The summed E-state index contributed by atoms with van der Waals surface area (Å²) < 4.78 is 0. The summed E-state index contributed by atoms with van der Waals surface area (Å²) in [5, 5.41) is 0. The predicted octanol–water partition coefficient (Wildman–Crippen LogP) is 4.27. The number of nitrogens with zero attached hydrogens (tertiary/aromatic N) is 2. The molecule has 0 radical (unpaired) electrons. The molecule has 2 aromatic carbocycles. The van der Waals surface area contributed by atoms with E-state index in [4.69, 9.17) is 0 Å². The number of carbonyl (C=O) groups excluding carboxylic acids is 1. The highest BCUT2D eigenvalue weighted by atomic mass is 16.2. The van der Waals surface area contributed by atoms with Crippen LogP contribution in [0.25, 0.3) is 0 Å². The SMILES string of the molecule is CN(CCCCN1C(=O)CCCc2ccccc21)Cc1ccccc1. The van der Waals surface area contributed by atoms with Crippen molar-refractivity contribution in [3.63, 3.8) is 0 Å². The molecule has 0 saturated heterocycles. The van der Waals surface area contributed by atoms with Gasteiger partial charge in [-0.1, -0.05) is 48.5 Å². The first kappa shape index (κ1) is 17.7. The Labute approximate surface area is 151 Å². The molecule has 1 heterocycles. The van der Waals surface area contributed by atoms with Crippen molar-refractivity contribution in [2.45, 2.75) is 38.6 Å². The van der Waals surface area contributed by atoms with Gasteiger partial charge in [0.25, 0.3) is 0 Å². The van der Waals surface area contributed by atoms with Gasteiger partial charge in [0.15, 0.2) is 0 Å². The highest BCUT2D eigenvalue weighted by Crippen LogP contribution is 2.27. The monoisotopic (exact) mass is 336 g/mol. The first-order chi connectivity index (χ1) is 12.2. The molecule has 0 spiro atoms. The summed E-state index contributed by atoms with van der Waals surface area (Å²) in [5.41, 5.74) is 3.79. The van der Waals surface area contributed by atoms with Crippen molar-refractivity contribution in [1.82, 2.24) is 4.90 Å². The lowest BCUT2D eigenvalue weighted by Crippen LogP contribution is -2.31. The Hall–Kier alpha value is -2.13. The highest BCUT2D eigenvalue weighted by molar-refractivity contribution is 5.94. The van der Waals surface area contributed by atoms with Crippen LogP contribution < -0.4 is 4.90 Å². The van der Waals surface area contributed by atoms with E-state index in [2.05, 4.69) is 60.5 Å². The van der Waals surface area contributed by atoms with Gasteiger partial charge < -0.3 is 9.80 Å². The Bertz CT molecular complexity index is 683. The molecule has 132 valence electrons. The van der Waals surface area contributed by atoms with Gasteiger partial charge >= 0.3 is 0 Å². The molecule has 0 fully saturated rings. The quantitative estimate of drug-likeness (QED) is 0.705. The molecular weight excluding hydrogens is 308 g/mol. The van der Waals surface area contributed by atoms with E-state index in [0.717, 1.165) is 51.0 Å². The second kappa shape index (κ2) is 8.82. The van der Waals surface area contributed by atoms with Crippen molar-refractivity contribution in [2.24, 2.45) is 0 Å². The van der Waals surface area contributed by atoms with E-state index in [-0.39, 0.29) is 5.91 Å². The maximum atomic E-state index is 12.5. The first-order valence-corrected chi connectivity index (χ1v) is 9.35. The third-order valence-corrected chi connectivity index (χ3v) is 4.89. The maximum absolute atomic E-state index is 12.5. The van der Waals surface area contributed by atoms with Gasteiger partial charge in [-0.15, -0.1) is 0 Å². The molecule has 3 rings (SSSR count). The van der Waals surface area contributed by atoms with Gasteiger partial charge in [-0.05, 0) is 56.5 Å². The molecule has 0 bridgehead atoms. The van der Waals surface area contributed by atoms with Crippen molar-refractivity contribution in [1.29, 1.82) is 0 Å². The van der Waals surface area contributed by atoms with Gasteiger partial charge in [0.05, 0.1) is 0 Å². The topological polar surface area (TPSA) is 23.6 Å². The standard InChI is InChI=1S/C22H28N2O/c1-23(18-19-10-3-2-4-11-19)16-7-8-17-24-21-14-6-5-12-20(21)13-9-15-22(24)25/h2-6,10-12,14H,7-9,13,15-18H2,1H3. The zero-order chi connectivity index (χ0) is 17.5. The smallest absolute Gasteiger partial charge is 0.226 e. The number of anilines is 1. The molecular formula is C22H28N2O. The summed E-state index contributed by atoms with van der Waals surface area (Å²) in [6, 6.07) is 18.9. The van der Waals surface area contributed by atoms with E-state index in [1.807, 2.05) is 11.0 Å². The number of amides is 1. The van der Waals surface area contributed by atoms with Crippen LogP contribution in [0, 0.1) is 0 Å². The number of hydrogen-bond donors (Lipinski definition) is 0. The van der Waals surface area contributed by atoms with Gasteiger partial charge in [0.2, 0.25) is 5.91 Å². The minimum absolute atomic E-state index is 0.280. The second-order valence-electron chi connectivity index (χ2n) is 6.96. The Kier molecular flexibility index (Phi) is 6.24. The minimum atomic E-state index is 0.280. The first-order valence-electron chi connectivity index (χ1n) is 9.35. The summed E-state index contributed by atoms with van der Waals surface area (Å²) in [6.45, 7) is 2.86. The molecule has 0 unspecified atom stereocenters. The molecule has 1 aliphatic rings. The summed E-state index contributed by atoms with van der Waals surface area (Å²) in [5.74, 6) is 0.280. The number of hydrogen-bond acceptors (Lipinski definition) is 2. The van der Waals surface area contributed by atoms with E-state index in [9.17, 15) is 4.79 Å². The molecule has 25 heavy (non-hydrogen) atoms. The summed E-state index contributed by atoms with van der Waals surface area (Å²) in [7, 11) is 2.17. The van der Waals surface area contributed by atoms with Crippen LogP contribution in [-0.4, -0.2) is 30.9 Å². The lowest BCUT2D eigenvalue weighted by Gasteiger charge is -2.24. The van der Waals surface area contributed by atoms with Crippen molar-refractivity contribution >= 4 is 11.6 Å². The summed E-state index contributed by atoms with van der Waals surface area (Å²) >= 11 is 0. The molecule has 1 amide bonds. The van der Waals surface area contributed by atoms with Crippen LogP contribution in [0.15, 0.2) is 54.6 Å². The summed E-state index contributed by atoms with van der Waals surface area (Å²) in [6.07, 6.45) is 4.79. The molecule has 3 nitrogen and oxygen atoms in total. The fourth-order valence-electron chi connectivity index (χ4n) is 3.56. The van der Waals surface area contributed by atoms with Crippen LogP contribution in [0.3, 0.4) is 0 Å². The van der Waals surface area contributed by atoms with Crippen LogP contribution in [-0.2, 0) is 17.8 Å². The molecule has 0 atom stereocenters. The van der Waals surface area contributed by atoms with E-state index in [1.165, 1.54) is 11.1 Å². The van der Waals surface area contributed by atoms with Crippen LogP contribution in [0.1, 0.15) is 36.8 Å². The van der Waals surface area contributed by atoms with Crippen molar-refractivity contribution < 1.29 is 4.79 Å². The molecule has 2 aromatic rings. The Morgan fingerprint density at radius 1 is 0.960 bits per heavy atom. The predicted molar refractivity (Wildman–Crippen MR) is 104 cm³/mol. The lowest BCUT2D eigenvalue weighted by atomic mass is 10.1. The highest BCUT2D eigenvalue weighted by Gasteiger charge is 2.21. The third kappa shape index (κ3) is 4.93. The average Bonchev–Trinajstić information content (AvgIpc) is 2.78. The van der Waals surface area contributed by atoms with Crippen molar-refractivity contribution in [3.05, 3.63) is 65.7 Å². The van der Waals surface area contributed by atoms with Gasteiger partial charge in [-0.3, -0.25) is 4.79 Å². The number of unbranched alkanes of at least 4 members (excludes halogenated alkanes) is 1. The fourth-order valence-corrected chi connectivity index (χ4v) is 3.56. The van der Waals surface area contributed by atoms with Gasteiger partial charge in [-0.25, -0.2) is 0 Å².